The minimum Gasteiger partial charge on any atom is -0.478 e. The van der Waals surface area contributed by atoms with E-state index in [1.165, 1.54) is 26.4 Å². The lowest BCUT2D eigenvalue weighted by Crippen LogP contribution is -2.13. The molecule has 0 saturated carbocycles. The number of rotatable bonds is 8. The lowest BCUT2D eigenvalue weighted by molar-refractivity contribution is -0.140. The van der Waals surface area contributed by atoms with Crippen LogP contribution in [0.5, 0.6) is 11.5 Å². The van der Waals surface area contributed by atoms with Gasteiger partial charge in [0.1, 0.15) is 11.5 Å². The van der Waals surface area contributed by atoms with E-state index in [-0.39, 0.29) is 22.3 Å². The van der Waals surface area contributed by atoms with Gasteiger partial charge in [0.15, 0.2) is 0 Å². The van der Waals surface area contributed by atoms with E-state index in [4.69, 9.17) is 42.9 Å². The van der Waals surface area contributed by atoms with Crippen molar-refractivity contribution in [1.82, 2.24) is 0 Å². The van der Waals surface area contributed by atoms with Crippen molar-refractivity contribution in [3.05, 3.63) is 81.2 Å². The Morgan fingerprint density at radius 2 is 1.22 bits per heavy atom. The minimum absolute atomic E-state index is 0.0987. The number of carbonyl (C=O) groups is 4. The molecule has 0 amide bonds. The summed E-state index contributed by atoms with van der Waals surface area (Å²) in [6, 6.07) is 9.82. The second kappa shape index (κ2) is 14.4. The maximum absolute atomic E-state index is 11.5. The summed E-state index contributed by atoms with van der Waals surface area (Å²) < 4.78 is 19.2. The van der Waals surface area contributed by atoms with Crippen LogP contribution in [0.4, 0.5) is 0 Å². The summed E-state index contributed by atoms with van der Waals surface area (Å²) in [4.78, 5) is 43.8. The molecule has 0 radical (unpaired) electrons. The molecule has 10 nitrogen and oxygen atoms in total. The zero-order valence-corrected chi connectivity index (χ0v) is 21.0. The Morgan fingerprint density at radius 1 is 0.750 bits per heavy atom. The Morgan fingerprint density at radius 3 is 1.61 bits per heavy atom. The highest BCUT2D eigenvalue weighted by Crippen LogP contribution is 2.28. The molecule has 0 aliphatic heterocycles. The molecule has 192 valence electrons. The summed E-state index contributed by atoms with van der Waals surface area (Å²) in [5.41, 5.74) is 1.70. The average Bonchev–Trinajstić information content (AvgIpc) is 2.82. The predicted molar refractivity (Wildman–Crippen MR) is 129 cm³/mol. The van der Waals surface area contributed by atoms with Gasteiger partial charge in [0.2, 0.25) is 11.5 Å². The van der Waals surface area contributed by atoms with Gasteiger partial charge in [-0.1, -0.05) is 35.3 Å². The Hall–Kier alpha value is -4.02. The van der Waals surface area contributed by atoms with E-state index < -0.39 is 29.6 Å². The number of carboxylic acid groups (broad SMARTS) is 2. The summed E-state index contributed by atoms with van der Waals surface area (Å²) in [6.07, 6.45) is 1.35. The molecule has 12 heteroatoms. The van der Waals surface area contributed by atoms with E-state index in [1.54, 1.807) is 31.2 Å². The molecule has 0 aliphatic carbocycles. The molecule has 2 aromatic carbocycles. The van der Waals surface area contributed by atoms with Gasteiger partial charge in [-0.3, -0.25) is 0 Å². The van der Waals surface area contributed by atoms with Crippen LogP contribution in [0, 0.1) is 13.8 Å². The van der Waals surface area contributed by atoms with Crippen LogP contribution in [0.25, 0.3) is 0 Å². The highest BCUT2D eigenvalue weighted by molar-refractivity contribution is 6.32. The summed E-state index contributed by atoms with van der Waals surface area (Å²) in [5.74, 6) is -5.08. The fraction of sp³-hybridized carbons (Fsp3) is 0.167. The Balaban J connectivity index is 0.000000362. The van der Waals surface area contributed by atoms with Crippen LogP contribution in [0.2, 0.25) is 10.0 Å². The zero-order valence-electron chi connectivity index (χ0n) is 19.5. The van der Waals surface area contributed by atoms with Crippen LogP contribution in [0.3, 0.4) is 0 Å². The van der Waals surface area contributed by atoms with Crippen LogP contribution < -0.4 is 9.47 Å². The molecule has 0 atom stereocenters. The highest BCUT2D eigenvalue weighted by Gasteiger charge is 2.17. The number of carbonyl (C=O) groups excluding carboxylic acids is 2. The van der Waals surface area contributed by atoms with E-state index >= 15 is 0 Å². The normalized spacial score (nSPS) is 10.9. The fourth-order valence-corrected chi connectivity index (χ4v) is 2.57. The number of carboxylic acids is 2. The Kier molecular flexibility index (Phi) is 12.0. The second-order valence-electron chi connectivity index (χ2n) is 6.75. The summed E-state index contributed by atoms with van der Waals surface area (Å²) in [6.45, 7) is 3.61. The summed E-state index contributed by atoms with van der Waals surface area (Å²) in [5, 5.41) is 17.7. The number of halogens is 2. The first kappa shape index (κ1) is 30.0. The third-order valence-electron chi connectivity index (χ3n) is 3.92. The average molecular weight is 541 g/mol. The van der Waals surface area contributed by atoms with Gasteiger partial charge in [-0.05, 0) is 49.2 Å². The molecule has 2 rings (SSSR count). The van der Waals surface area contributed by atoms with Crippen LogP contribution in [-0.2, 0) is 28.7 Å². The van der Waals surface area contributed by atoms with E-state index in [0.717, 1.165) is 17.2 Å². The van der Waals surface area contributed by atoms with Crippen LogP contribution >= 0.6 is 23.2 Å². The number of aryl methyl sites for hydroxylation is 2. The lowest BCUT2D eigenvalue weighted by Gasteiger charge is -2.10. The van der Waals surface area contributed by atoms with E-state index in [2.05, 4.69) is 9.47 Å². The third kappa shape index (κ3) is 10.1. The first-order valence-corrected chi connectivity index (χ1v) is 10.6. The molecular formula is C24H22Cl2O10. The zero-order chi connectivity index (χ0) is 27.4. The first-order valence-electron chi connectivity index (χ1n) is 9.81. The molecule has 0 heterocycles. The van der Waals surface area contributed by atoms with Gasteiger partial charge in [0.25, 0.3) is 0 Å². The van der Waals surface area contributed by atoms with Gasteiger partial charge in [0.05, 0.1) is 36.4 Å². The molecular weight excluding hydrogens is 519 g/mol. The first-order chi connectivity index (χ1) is 16.9. The number of hydrogen-bond donors (Lipinski definition) is 2. The monoisotopic (exact) mass is 540 g/mol. The maximum Gasteiger partial charge on any atom is 0.374 e. The van der Waals surface area contributed by atoms with Crippen LogP contribution in [0.15, 0.2) is 60.1 Å². The largest absolute Gasteiger partial charge is 0.478 e. The standard InChI is InChI=1S/C13H13ClO5.C11H9ClO5/c1-8-4-5-9(14)10(6-8)19-11(13(16)18-3)7-12(15)17-2;1-6-2-3-7(12)8(4-6)17-9(11(15)16)5-10(13)14/h4-7H,1-3H3;2-5H,1H3,(H,13,14)(H,15,16)/b11-7+;9-5+. The van der Waals surface area contributed by atoms with Crippen molar-refractivity contribution >= 4 is 47.1 Å². The van der Waals surface area contributed by atoms with Crippen LogP contribution in [-0.4, -0.2) is 48.3 Å². The van der Waals surface area contributed by atoms with Crippen molar-refractivity contribution in [1.29, 1.82) is 0 Å². The van der Waals surface area contributed by atoms with Gasteiger partial charge in [-0.25, -0.2) is 19.2 Å². The quantitative estimate of drug-likeness (QED) is 0.281. The fourth-order valence-electron chi connectivity index (χ4n) is 2.26. The van der Waals surface area contributed by atoms with Gasteiger partial charge in [0, 0.05) is 0 Å². The Bertz CT molecular complexity index is 1200. The van der Waals surface area contributed by atoms with Gasteiger partial charge in [-0.2, -0.15) is 0 Å². The van der Waals surface area contributed by atoms with Gasteiger partial charge < -0.3 is 29.2 Å². The summed E-state index contributed by atoms with van der Waals surface area (Å²) in [7, 11) is 2.36. The highest BCUT2D eigenvalue weighted by atomic mass is 35.5. The van der Waals surface area contributed by atoms with Gasteiger partial charge >= 0.3 is 23.9 Å². The number of methoxy groups -OCH3 is 2. The molecule has 0 bridgehead atoms. The number of hydrogen-bond acceptors (Lipinski definition) is 8. The van der Waals surface area contributed by atoms with Crippen molar-refractivity contribution in [2.24, 2.45) is 0 Å². The van der Waals surface area contributed by atoms with E-state index in [0.29, 0.717) is 11.1 Å². The number of esters is 2. The van der Waals surface area contributed by atoms with Crippen LogP contribution in [0.1, 0.15) is 11.1 Å². The van der Waals surface area contributed by atoms with Crippen molar-refractivity contribution in [2.75, 3.05) is 14.2 Å². The van der Waals surface area contributed by atoms with Crippen molar-refractivity contribution < 1.29 is 48.3 Å². The minimum atomic E-state index is -1.48. The smallest absolute Gasteiger partial charge is 0.374 e. The molecule has 0 saturated heterocycles. The number of benzene rings is 2. The molecule has 0 fully saturated rings. The van der Waals surface area contributed by atoms with E-state index in [9.17, 15) is 19.2 Å². The third-order valence-corrected chi connectivity index (χ3v) is 4.54. The molecule has 0 aromatic heterocycles. The van der Waals surface area contributed by atoms with Crippen molar-refractivity contribution in [3.8, 4) is 11.5 Å². The number of ether oxygens (including phenoxy) is 4. The number of aliphatic carboxylic acids is 2. The molecule has 2 N–H and O–H groups in total. The Labute approximate surface area is 216 Å². The topological polar surface area (TPSA) is 146 Å². The van der Waals surface area contributed by atoms with Crippen molar-refractivity contribution in [3.63, 3.8) is 0 Å². The SMILES string of the molecule is COC(=O)/C=C(/Oc1cc(C)ccc1Cl)C(=O)OC.Cc1ccc(Cl)c(O/C(=C/C(=O)O)C(=O)O)c1. The molecule has 0 unspecified atom stereocenters. The van der Waals surface area contributed by atoms with Gasteiger partial charge in [-0.15, -0.1) is 0 Å². The molecule has 0 aliphatic rings. The maximum atomic E-state index is 11.5. The lowest BCUT2D eigenvalue weighted by atomic mass is 10.2. The predicted octanol–water partition coefficient (Wildman–Crippen LogP) is 4.34. The van der Waals surface area contributed by atoms with E-state index in [1.807, 2.05) is 6.92 Å². The summed E-state index contributed by atoms with van der Waals surface area (Å²) >= 11 is 11.7. The molecule has 36 heavy (non-hydrogen) atoms. The molecule has 0 spiro atoms. The molecule has 2 aromatic rings. The second-order valence-corrected chi connectivity index (χ2v) is 7.56. The van der Waals surface area contributed by atoms with Crippen molar-refractivity contribution in [2.45, 2.75) is 13.8 Å².